The fourth-order valence-corrected chi connectivity index (χ4v) is 8.88. The van der Waals surface area contributed by atoms with Gasteiger partial charge in [0.05, 0.1) is 17.2 Å². The van der Waals surface area contributed by atoms with Crippen molar-refractivity contribution in [2.75, 3.05) is 51.7 Å². The van der Waals surface area contributed by atoms with Crippen molar-refractivity contribution in [2.45, 2.75) is 63.5 Å². The van der Waals surface area contributed by atoms with E-state index in [1.54, 1.807) is 32.3 Å². The van der Waals surface area contributed by atoms with Crippen LogP contribution in [0.5, 0.6) is 0 Å². The van der Waals surface area contributed by atoms with Gasteiger partial charge in [0.2, 0.25) is 0 Å². The van der Waals surface area contributed by atoms with Gasteiger partial charge in [-0.3, -0.25) is 4.79 Å². The van der Waals surface area contributed by atoms with E-state index in [2.05, 4.69) is 49.0 Å². The highest BCUT2D eigenvalue weighted by Crippen LogP contribution is 2.52. The molecule has 0 spiro atoms. The standard InChI is InChI=1S/C38H48FN7O3/c1-4-35-43-15-18-45(35)25-38(29-7-5-8-30(39)20-29,32-9-6-10-34(32)49-37(48)42-3)28-13-16-44(17-14-28)22-27-23-46(24-27)33-12-11-26(21-40)19-31(33)36(47)41-2/h5,7-8,11-12,15,18-20,27-28,32,34H,4,6,9-10,13-14,16-17,22-25H2,1-3H3,(H,41,47)(H,42,48)/t32-,34-,38-/m0/s1. The molecule has 260 valence electrons. The van der Waals surface area contributed by atoms with Crippen LogP contribution in [0.4, 0.5) is 14.9 Å². The largest absolute Gasteiger partial charge is 0.446 e. The van der Waals surface area contributed by atoms with Crippen LogP contribution in [0.25, 0.3) is 0 Å². The van der Waals surface area contributed by atoms with Gasteiger partial charge in [0, 0.05) is 82.0 Å². The Morgan fingerprint density at radius 1 is 1.08 bits per heavy atom. The van der Waals surface area contributed by atoms with Crippen LogP contribution in [-0.4, -0.2) is 79.4 Å². The van der Waals surface area contributed by atoms with E-state index < -0.39 is 11.5 Å². The third-order valence-electron chi connectivity index (χ3n) is 11.2. The summed E-state index contributed by atoms with van der Waals surface area (Å²) < 4.78 is 23.4. The Bertz CT molecular complexity index is 1670. The number of imidazole rings is 1. The van der Waals surface area contributed by atoms with Gasteiger partial charge in [-0.1, -0.05) is 19.1 Å². The first kappa shape index (κ1) is 34.4. The molecule has 2 saturated heterocycles. The van der Waals surface area contributed by atoms with Gasteiger partial charge in [-0.05, 0) is 87.0 Å². The molecule has 3 atom stereocenters. The number of amides is 2. The maximum absolute atomic E-state index is 15.1. The van der Waals surface area contributed by atoms with Crippen LogP contribution in [-0.2, 0) is 23.1 Å². The Labute approximate surface area is 288 Å². The van der Waals surface area contributed by atoms with Gasteiger partial charge in [-0.25, -0.2) is 14.2 Å². The number of aryl methyl sites for hydroxylation is 1. The summed E-state index contributed by atoms with van der Waals surface area (Å²) in [5, 5.41) is 14.7. The molecule has 3 heterocycles. The van der Waals surface area contributed by atoms with Crippen LogP contribution in [0, 0.1) is 34.9 Å². The van der Waals surface area contributed by atoms with Gasteiger partial charge in [0.1, 0.15) is 17.7 Å². The van der Waals surface area contributed by atoms with Crippen LogP contribution in [0.3, 0.4) is 0 Å². The number of nitrogens with zero attached hydrogens (tertiary/aromatic N) is 5. The number of alkyl carbamates (subject to hydrolysis) is 1. The number of benzene rings is 2. The zero-order valence-corrected chi connectivity index (χ0v) is 28.8. The van der Waals surface area contributed by atoms with Crippen molar-refractivity contribution >= 4 is 17.7 Å². The lowest BCUT2D eigenvalue weighted by Gasteiger charge is -2.51. The molecule has 2 N–H and O–H groups in total. The molecule has 10 nitrogen and oxygen atoms in total. The number of carbonyl (C=O) groups is 2. The minimum atomic E-state index is -0.465. The molecule has 2 aliphatic heterocycles. The molecule has 11 heteroatoms. The molecule has 6 rings (SSSR count). The number of ether oxygens (including phenoxy) is 1. The smallest absolute Gasteiger partial charge is 0.407 e. The number of likely N-dealkylation sites (tertiary alicyclic amines) is 1. The van der Waals surface area contributed by atoms with Gasteiger partial charge in [0.25, 0.3) is 5.91 Å². The summed E-state index contributed by atoms with van der Waals surface area (Å²) in [6.45, 7) is 7.28. The second kappa shape index (κ2) is 15.0. The molecule has 3 aromatic rings. The highest BCUT2D eigenvalue weighted by molar-refractivity contribution is 6.00. The third-order valence-corrected chi connectivity index (χ3v) is 11.2. The van der Waals surface area contributed by atoms with E-state index in [1.165, 1.54) is 6.07 Å². The van der Waals surface area contributed by atoms with Gasteiger partial charge >= 0.3 is 6.09 Å². The molecular formula is C38H48FN7O3. The molecule has 1 saturated carbocycles. The predicted molar refractivity (Wildman–Crippen MR) is 186 cm³/mol. The monoisotopic (exact) mass is 669 g/mol. The Hall–Kier alpha value is -4.43. The predicted octanol–water partition coefficient (Wildman–Crippen LogP) is 5.13. The summed E-state index contributed by atoms with van der Waals surface area (Å²) in [5.41, 5.74) is 2.38. The van der Waals surface area contributed by atoms with Crippen LogP contribution in [0.15, 0.2) is 54.9 Å². The molecule has 1 aromatic heterocycles. The lowest BCUT2D eigenvalue weighted by atomic mass is 9.58. The van der Waals surface area contributed by atoms with Crippen LogP contribution in [0.2, 0.25) is 0 Å². The first-order chi connectivity index (χ1) is 23.8. The van der Waals surface area contributed by atoms with Crippen LogP contribution >= 0.6 is 0 Å². The number of hydrogen-bond acceptors (Lipinski definition) is 7. The summed E-state index contributed by atoms with van der Waals surface area (Å²) in [7, 11) is 3.20. The molecule has 0 radical (unpaired) electrons. The number of piperidine rings is 1. The number of hydrogen-bond donors (Lipinski definition) is 2. The quantitative estimate of drug-likeness (QED) is 0.291. The number of nitriles is 1. The number of aromatic nitrogens is 2. The molecule has 2 aromatic carbocycles. The fourth-order valence-electron chi connectivity index (χ4n) is 8.88. The van der Waals surface area contributed by atoms with Crippen LogP contribution in [0.1, 0.15) is 66.3 Å². The topological polar surface area (TPSA) is 116 Å². The van der Waals surface area contributed by atoms with E-state index in [9.17, 15) is 14.9 Å². The highest BCUT2D eigenvalue weighted by atomic mass is 19.1. The van der Waals surface area contributed by atoms with Gasteiger partial charge in [-0.15, -0.1) is 0 Å². The zero-order valence-electron chi connectivity index (χ0n) is 28.8. The molecule has 49 heavy (non-hydrogen) atoms. The average Bonchev–Trinajstić information content (AvgIpc) is 3.77. The van der Waals surface area contributed by atoms with E-state index in [1.807, 2.05) is 24.5 Å². The van der Waals surface area contributed by atoms with E-state index >= 15 is 4.39 Å². The molecular weight excluding hydrogens is 621 g/mol. The fraction of sp³-hybridized carbons (Fsp3) is 0.526. The SMILES string of the molecule is CCc1nccn1C[C@@](c1cccc(F)c1)(C1CCN(CC2CN(c3ccc(C#N)cc3C(=O)NC)C2)CC1)[C@H]1CCC[C@@H]1OC(=O)NC. The normalized spacial score (nSPS) is 21.4. The number of halogens is 1. The van der Waals surface area contributed by atoms with E-state index in [0.717, 1.165) is 88.3 Å². The molecule has 3 aliphatic rings. The van der Waals surface area contributed by atoms with Crippen molar-refractivity contribution in [2.24, 2.45) is 17.8 Å². The Morgan fingerprint density at radius 3 is 2.57 bits per heavy atom. The first-order valence-corrected chi connectivity index (χ1v) is 17.7. The number of anilines is 1. The molecule has 3 fully saturated rings. The van der Waals surface area contributed by atoms with Crippen LogP contribution < -0.4 is 15.5 Å². The maximum atomic E-state index is 15.1. The van der Waals surface area contributed by atoms with Gasteiger partial charge < -0.3 is 29.7 Å². The summed E-state index contributed by atoms with van der Waals surface area (Å²) in [6.07, 6.45) is 8.53. The molecule has 1 aliphatic carbocycles. The lowest BCUT2D eigenvalue weighted by Crippen LogP contribution is -2.55. The first-order valence-electron chi connectivity index (χ1n) is 17.7. The molecule has 0 bridgehead atoms. The second-order valence-electron chi connectivity index (χ2n) is 13.9. The van der Waals surface area contributed by atoms with Crippen molar-refractivity contribution < 1.29 is 18.7 Å². The van der Waals surface area contributed by atoms with Gasteiger partial charge in [-0.2, -0.15) is 5.26 Å². The minimum Gasteiger partial charge on any atom is -0.446 e. The maximum Gasteiger partial charge on any atom is 0.407 e. The number of rotatable bonds is 11. The number of carbonyl (C=O) groups excluding carboxylic acids is 2. The van der Waals surface area contributed by atoms with E-state index in [4.69, 9.17) is 4.74 Å². The Balaban J connectivity index is 1.22. The average molecular weight is 670 g/mol. The highest BCUT2D eigenvalue weighted by Gasteiger charge is 2.53. The van der Waals surface area contributed by atoms with E-state index in [-0.39, 0.29) is 29.7 Å². The van der Waals surface area contributed by atoms with Crippen molar-refractivity contribution in [1.82, 2.24) is 25.1 Å². The van der Waals surface area contributed by atoms with Crippen molar-refractivity contribution in [3.8, 4) is 6.07 Å². The Morgan fingerprint density at radius 2 is 1.88 bits per heavy atom. The summed E-state index contributed by atoms with van der Waals surface area (Å²) >= 11 is 0. The van der Waals surface area contributed by atoms with Crippen molar-refractivity contribution in [1.29, 1.82) is 5.26 Å². The lowest BCUT2D eigenvalue weighted by molar-refractivity contribution is 0.00160. The summed E-state index contributed by atoms with van der Waals surface area (Å²) in [5.74, 6) is 1.29. The van der Waals surface area contributed by atoms with Gasteiger partial charge in [0.15, 0.2) is 0 Å². The molecule has 0 unspecified atom stereocenters. The summed E-state index contributed by atoms with van der Waals surface area (Å²) in [6, 6.07) is 14.6. The number of nitrogens with one attached hydrogen (secondary N) is 2. The zero-order chi connectivity index (χ0) is 34.5. The second-order valence-corrected chi connectivity index (χ2v) is 13.9. The minimum absolute atomic E-state index is 0.0254. The van der Waals surface area contributed by atoms with Crippen molar-refractivity contribution in [3.05, 3.63) is 83.2 Å². The van der Waals surface area contributed by atoms with E-state index in [0.29, 0.717) is 23.6 Å². The summed E-state index contributed by atoms with van der Waals surface area (Å²) in [4.78, 5) is 34.6. The third kappa shape index (κ3) is 7.02. The van der Waals surface area contributed by atoms with Crippen molar-refractivity contribution in [3.63, 3.8) is 0 Å². The molecule has 2 amide bonds. The Kier molecular flexibility index (Phi) is 10.5.